The van der Waals surface area contributed by atoms with Crippen molar-refractivity contribution in [2.75, 3.05) is 0 Å². The molecule has 1 aromatic rings. The van der Waals surface area contributed by atoms with Gasteiger partial charge in [-0.15, -0.1) is 0 Å². The Morgan fingerprint density at radius 1 is 1.19 bits per heavy atom. The molecule has 1 N–H and O–H groups in total. The molecule has 0 aliphatic heterocycles. The first kappa shape index (κ1) is 11.2. The van der Waals surface area contributed by atoms with E-state index < -0.39 is 0 Å². The summed E-state index contributed by atoms with van der Waals surface area (Å²) in [6.45, 7) is 2.23. The second-order valence-corrected chi connectivity index (χ2v) is 4.71. The Labute approximate surface area is 97.1 Å². The molecule has 0 radical (unpaired) electrons. The fourth-order valence-electron chi connectivity index (χ4n) is 2.37. The van der Waals surface area contributed by atoms with Crippen molar-refractivity contribution < 1.29 is 4.79 Å². The number of hydrogen-bond donors (Lipinski definition) is 1. The molecule has 0 spiro atoms. The topological polar surface area (TPSA) is 29.1 Å². The van der Waals surface area contributed by atoms with Crippen LogP contribution in [0.25, 0.3) is 0 Å². The molecule has 16 heavy (non-hydrogen) atoms. The summed E-state index contributed by atoms with van der Waals surface area (Å²) >= 11 is 0. The highest BCUT2D eigenvalue weighted by Crippen LogP contribution is 2.23. The first-order valence-electron chi connectivity index (χ1n) is 6.13. The van der Waals surface area contributed by atoms with Crippen molar-refractivity contribution in [2.24, 2.45) is 5.92 Å². The molecule has 2 heteroatoms. The molecule has 0 saturated heterocycles. The van der Waals surface area contributed by atoms with Gasteiger partial charge in [0.2, 0.25) is 0 Å². The molecule has 1 amide bonds. The molecule has 0 bridgehead atoms. The van der Waals surface area contributed by atoms with Crippen LogP contribution in [0.1, 0.15) is 43.0 Å². The Morgan fingerprint density at radius 2 is 1.88 bits per heavy atom. The van der Waals surface area contributed by atoms with Gasteiger partial charge in [-0.2, -0.15) is 0 Å². The van der Waals surface area contributed by atoms with Gasteiger partial charge in [-0.3, -0.25) is 4.79 Å². The normalized spacial score (nSPS) is 25.1. The van der Waals surface area contributed by atoms with Crippen molar-refractivity contribution in [1.29, 1.82) is 0 Å². The number of amides is 1. The van der Waals surface area contributed by atoms with Crippen LogP contribution in [0.4, 0.5) is 0 Å². The summed E-state index contributed by atoms with van der Waals surface area (Å²) < 4.78 is 0. The van der Waals surface area contributed by atoms with Crippen LogP contribution in [0.3, 0.4) is 0 Å². The minimum absolute atomic E-state index is 0.0688. The van der Waals surface area contributed by atoms with Crippen molar-refractivity contribution in [2.45, 2.75) is 38.6 Å². The van der Waals surface area contributed by atoms with E-state index in [9.17, 15) is 4.79 Å². The van der Waals surface area contributed by atoms with E-state index in [4.69, 9.17) is 0 Å². The minimum Gasteiger partial charge on any atom is -0.349 e. The highest BCUT2D eigenvalue weighted by atomic mass is 16.1. The average molecular weight is 217 g/mol. The maximum atomic E-state index is 11.9. The van der Waals surface area contributed by atoms with Gasteiger partial charge in [-0.25, -0.2) is 0 Å². The zero-order chi connectivity index (χ0) is 11.4. The van der Waals surface area contributed by atoms with Crippen LogP contribution >= 0.6 is 0 Å². The highest BCUT2D eigenvalue weighted by Gasteiger charge is 2.22. The molecule has 0 heterocycles. The second kappa shape index (κ2) is 5.15. The van der Waals surface area contributed by atoms with Gasteiger partial charge in [-0.1, -0.05) is 38.0 Å². The van der Waals surface area contributed by atoms with Crippen LogP contribution in [0.5, 0.6) is 0 Å². The molecular weight excluding hydrogens is 198 g/mol. The van der Waals surface area contributed by atoms with Gasteiger partial charge in [0.25, 0.3) is 5.91 Å². The molecule has 1 saturated carbocycles. The Hall–Kier alpha value is -1.31. The van der Waals surface area contributed by atoms with Gasteiger partial charge in [0.05, 0.1) is 0 Å². The lowest BCUT2D eigenvalue weighted by atomic mass is 9.86. The first-order valence-corrected chi connectivity index (χ1v) is 6.13. The standard InChI is InChI=1S/C14H19NO/c1-11-7-5-6-10-13(11)15-14(16)12-8-3-2-4-9-12/h2-4,8-9,11,13H,5-7,10H2,1H3,(H,15,16)/t11-,13+/m0/s1. The van der Waals surface area contributed by atoms with E-state index >= 15 is 0 Å². The fraction of sp³-hybridized carbons (Fsp3) is 0.500. The maximum absolute atomic E-state index is 11.9. The van der Waals surface area contributed by atoms with Crippen LogP contribution in [0, 0.1) is 5.92 Å². The molecule has 2 atom stereocenters. The fourth-order valence-corrected chi connectivity index (χ4v) is 2.37. The van der Waals surface area contributed by atoms with Crippen molar-refractivity contribution in [3.05, 3.63) is 35.9 Å². The van der Waals surface area contributed by atoms with E-state index in [-0.39, 0.29) is 5.91 Å². The van der Waals surface area contributed by atoms with E-state index in [0.717, 1.165) is 12.0 Å². The summed E-state index contributed by atoms with van der Waals surface area (Å²) in [5, 5.41) is 3.15. The Balaban J connectivity index is 1.96. The number of hydrogen-bond acceptors (Lipinski definition) is 1. The monoisotopic (exact) mass is 217 g/mol. The van der Waals surface area contributed by atoms with E-state index in [1.54, 1.807) is 0 Å². The lowest BCUT2D eigenvalue weighted by molar-refractivity contribution is 0.0910. The van der Waals surface area contributed by atoms with Gasteiger partial charge in [0.1, 0.15) is 0 Å². The molecule has 0 unspecified atom stereocenters. The molecular formula is C14H19NO. The third kappa shape index (κ3) is 2.63. The third-order valence-electron chi connectivity index (χ3n) is 3.46. The predicted molar refractivity (Wildman–Crippen MR) is 65.3 cm³/mol. The van der Waals surface area contributed by atoms with Crippen LogP contribution in [0.15, 0.2) is 30.3 Å². The number of rotatable bonds is 2. The zero-order valence-corrected chi connectivity index (χ0v) is 9.78. The van der Waals surface area contributed by atoms with E-state index in [0.29, 0.717) is 12.0 Å². The summed E-state index contributed by atoms with van der Waals surface area (Å²) in [4.78, 5) is 11.9. The van der Waals surface area contributed by atoms with Gasteiger partial charge >= 0.3 is 0 Å². The number of carbonyl (C=O) groups excluding carboxylic acids is 1. The van der Waals surface area contributed by atoms with Crippen molar-refractivity contribution in [3.8, 4) is 0 Å². The number of carbonyl (C=O) groups is 1. The average Bonchev–Trinajstić information content (AvgIpc) is 2.33. The van der Waals surface area contributed by atoms with Gasteiger partial charge < -0.3 is 5.32 Å². The van der Waals surface area contributed by atoms with Crippen LogP contribution in [-0.2, 0) is 0 Å². The maximum Gasteiger partial charge on any atom is 0.251 e. The van der Waals surface area contributed by atoms with Gasteiger partial charge in [0.15, 0.2) is 0 Å². The number of nitrogens with one attached hydrogen (secondary N) is 1. The molecule has 1 aliphatic carbocycles. The summed E-state index contributed by atoms with van der Waals surface area (Å²) in [7, 11) is 0. The lowest BCUT2D eigenvalue weighted by Gasteiger charge is -2.29. The number of benzene rings is 1. The summed E-state index contributed by atoms with van der Waals surface area (Å²) in [5.74, 6) is 0.681. The molecule has 1 aromatic carbocycles. The second-order valence-electron chi connectivity index (χ2n) is 4.71. The van der Waals surface area contributed by atoms with Crippen LogP contribution in [0.2, 0.25) is 0 Å². The van der Waals surface area contributed by atoms with Crippen LogP contribution in [-0.4, -0.2) is 11.9 Å². The molecule has 1 aliphatic rings. The summed E-state index contributed by atoms with van der Waals surface area (Å²) in [5.41, 5.74) is 0.764. The first-order chi connectivity index (χ1) is 7.77. The van der Waals surface area contributed by atoms with Gasteiger partial charge in [-0.05, 0) is 30.9 Å². The highest BCUT2D eigenvalue weighted by molar-refractivity contribution is 5.94. The molecule has 86 valence electrons. The molecule has 0 aromatic heterocycles. The molecule has 2 rings (SSSR count). The van der Waals surface area contributed by atoms with Crippen molar-refractivity contribution >= 4 is 5.91 Å². The van der Waals surface area contributed by atoms with E-state index in [2.05, 4.69) is 12.2 Å². The minimum atomic E-state index is 0.0688. The molecule has 2 nitrogen and oxygen atoms in total. The quantitative estimate of drug-likeness (QED) is 0.810. The van der Waals surface area contributed by atoms with Crippen molar-refractivity contribution in [3.63, 3.8) is 0 Å². The third-order valence-corrected chi connectivity index (χ3v) is 3.46. The van der Waals surface area contributed by atoms with Gasteiger partial charge in [0, 0.05) is 11.6 Å². The smallest absolute Gasteiger partial charge is 0.251 e. The Bertz CT molecular complexity index is 347. The summed E-state index contributed by atoms with van der Waals surface area (Å²) in [6.07, 6.45) is 4.91. The van der Waals surface area contributed by atoms with Crippen LogP contribution < -0.4 is 5.32 Å². The molecule has 1 fully saturated rings. The van der Waals surface area contributed by atoms with E-state index in [1.165, 1.54) is 19.3 Å². The lowest BCUT2D eigenvalue weighted by Crippen LogP contribution is -2.41. The summed E-state index contributed by atoms with van der Waals surface area (Å²) in [6, 6.07) is 9.82. The Kier molecular flexibility index (Phi) is 3.60. The van der Waals surface area contributed by atoms with Crippen molar-refractivity contribution in [1.82, 2.24) is 5.32 Å². The Morgan fingerprint density at radius 3 is 2.56 bits per heavy atom. The zero-order valence-electron chi connectivity index (χ0n) is 9.78. The SMILES string of the molecule is C[C@H]1CCCC[C@H]1NC(=O)c1ccccc1. The largest absolute Gasteiger partial charge is 0.349 e. The predicted octanol–water partition coefficient (Wildman–Crippen LogP) is 3.00. The van der Waals surface area contributed by atoms with E-state index in [1.807, 2.05) is 30.3 Å².